The molecule has 1 aromatic carbocycles. The predicted molar refractivity (Wildman–Crippen MR) is 115 cm³/mol. The summed E-state index contributed by atoms with van der Waals surface area (Å²) >= 11 is 0. The van der Waals surface area contributed by atoms with E-state index in [2.05, 4.69) is 29.0 Å². The first kappa shape index (κ1) is 21.1. The molecular formula is C22H30N4O3. The number of nitrogens with one attached hydrogen (secondary N) is 1. The molecule has 1 saturated heterocycles. The molecule has 3 rings (SSSR count). The van der Waals surface area contributed by atoms with Gasteiger partial charge in [0.25, 0.3) is 5.91 Å². The van der Waals surface area contributed by atoms with Gasteiger partial charge < -0.3 is 24.6 Å². The molecule has 0 spiro atoms. The van der Waals surface area contributed by atoms with Gasteiger partial charge in [-0.15, -0.1) is 0 Å². The lowest BCUT2D eigenvalue weighted by Gasteiger charge is -2.36. The van der Waals surface area contributed by atoms with E-state index >= 15 is 0 Å². The van der Waals surface area contributed by atoms with Crippen molar-refractivity contribution in [3.8, 4) is 5.75 Å². The Morgan fingerprint density at radius 3 is 2.69 bits per heavy atom. The van der Waals surface area contributed by atoms with Gasteiger partial charge in [-0.25, -0.2) is 0 Å². The van der Waals surface area contributed by atoms with E-state index in [-0.39, 0.29) is 18.1 Å². The minimum absolute atomic E-state index is 0.149. The van der Waals surface area contributed by atoms with Crippen molar-refractivity contribution < 1.29 is 14.3 Å². The van der Waals surface area contributed by atoms with Gasteiger partial charge in [-0.2, -0.15) is 0 Å². The van der Waals surface area contributed by atoms with E-state index in [1.807, 2.05) is 55.4 Å². The summed E-state index contributed by atoms with van der Waals surface area (Å²) in [6.07, 6.45) is 1.97. The molecule has 1 aliphatic heterocycles. The summed E-state index contributed by atoms with van der Waals surface area (Å²) in [4.78, 5) is 21.4. The molecule has 0 radical (unpaired) electrons. The maximum Gasteiger partial charge on any atom is 0.274 e. The van der Waals surface area contributed by atoms with Crippen molar-refractivity contribution >= 4 is 17.3 Å². The maximum atomic E-state index is 12.8. The van der Waals surface area contributed by atoms with Crippen LogP contribution in [0.2, 0.25) is 0 Å². The molecule has 1 fully saturated rings. The number of morpholine rings is 1. The molecule has 0 aliphatic carbocycles. The Hall–Kier alpha value is -2.64. The van der Waals surface area contributed by atoms with Crippen LogP contribution in [-0.4, -0.2) is 68.3 Å². The van der Waals surface area contributed by atoms with E-state index in [0.717, 1.165) is 25.3 Å². The number of amides is 1. The highest BCUT2D eigenvalue weighted by Crippen LogP contribution is 2.25. The molecule has 156 valence electrons. The van der Waals surface area contributed by atoms with Gasteiger partial charge in [0, 0.05) is 31.5 Å². The molecule has 29 heavy (non-hydrogen) atoms. The highest BCUT2D eigenvalue weighted by molar-refractivity contribution is 6.04. The molecular weight excluding hydrogens is 368 g/mol. The lowest BCUT2D eigenvalue weighted by molar-refractivity contribution is -0.00522. The van der Waals surface area contributed by atoms with Crippen molar-refractivity contribution in [2.24, 2.45) is 0 Å². The summed E-state index contributed by atoms with van der Waals surface area (Å²) in [6.45, 7) is 7.04. The monoisotopic (exact) mass is 398 g/mol. The Kier molecular flexibility index (Phi) is 7.06. The number of hydrogen-bond donors (Lipinski definition) is 1. The summed E-state index contributed by atoms with van der Waals surface area (Å²) in [5.74, 6) is 0.388. The Morgan fingerprint density at radius 2 is 1.97 bits per heavy atom. The molecule has 2 atom stereocenters. The minimum atomic E-state index is -0.259. The van der Waals surface area contributed by atoms with Gasteiger partial charge in [0.1, 0.15) is 18.1 Å². The van der Waals surface area contributed by atoms with Crippen molar-refractivity contribution in [2.45, 2.75) is 26.1 Å². The second-order valence-corrected chi connectivity index (χ2v) is 7.66. The molecule has 2 aromatic rings. The molecule has 2 unspecified atom stereocenters. The largest absolute Gasteiger partial charge is 0.490 e. The van der Waals surface area contributed by atoms with E-state index in [9.17, 15) is 4.79 Å². The highest BCUT2D eigenvalue weighted by atomic mass is 16.5. The Bertz CT molecular complexity index is 817. The second kappa shape index (κ2) is 9.71. The zero-order valence-corrected chi connectivity index (χ0v) is 17.6. The summed E-state index contributed by atoms with van der Waals surface area (Å²) in [5.41, 5.74) is 1.98. The number of pyridine rings is 1. The molecule has 7 nitrogen and oxygen atoms in total. The van der Waals surface area contributed by atoms with Crippen LogP contribution < -0.4 is 15.0 Å². The van der Waals surface area contributed by atoms with Gasteiger partial charge in [-0.1, -0.05) is 12.1 Å². The number of carbonyl (C=O) groups is 1. The van der Waals surface area contributed by atoms with Crippen molar-refractivity contribution in [3.63, 3.8) is 0 Å². The smallest absolute Gasteiger partial charge is 0.274 e. The number of likely N-dealkylation sites (N-methyl/N-ethyl adjacent to an activating group) is 1. The zero-order valence-electron chi connectivity index (χ0n) is 17.6. The third-order valence-electron chi connectivity index (χ3n) is 4.69. The summed E-state index contributed by atoms with van der Waals surface area (Å²) in [5, 5.41) is 2.93. The quantitative estimate of drug-likeness (QED) is 0.774. The van der Waals surface area contributed by atoms with Gasteiger partial charge in [0.05, 0.1) is 17.9 Å². The number of aromatic nitrogens is 1. The second-order valence-electron chi connectivity index (χ2n) is 7.66. The zero-order chi connectivity index (χ0) is 20.8. The van der Waals surface area contributed by atoms with E-state index in [0.29, 0.717) is 23.7 Å². The first-order chi connectivity index (χ1) is 13.9. The van der Waals surface area contributed by atoms with Crippen LogP contribution in [0.15, 0.2) is 42.6 Å². The fraction of sp³-hybridized carbons (Fsp3) is 0.455. The van der Waals surface area contributed by atoms with Crippen LogP contribution in [0.1, 0.15) is 24.3 Å². The minimum Gasteiger partial charge on any atom is -0.490 e. The summed E-state index contributed by atoms with van der Waals surface area (Å²) < 4.78 is 11.6. The molecule has 0 bridgehead atoms. The lowest BCUT2D eigenvalue weighted by atomic mass is 10.2. The van der Waals surface area contributed by atoms with Gasteiger partial charge in [-0.3, -0.25) is 9.78 Å². The normalized spacial score (nSPS) is 19.3. The number of nitrogens with zero attached hydrogens (tertiary/aromatic N) is 3. The van der Waals surface area contributed by atoms with Crippen LogP contribution >= 0.6 is 0 Å². The average molecular weight is 399 g/mol. The fourth-order valence-corrected chi connectivity index (χ4v) is 3.35. The first-order valence-electron chi connectivity index (χ1n) is 9.96. The fourth-order valence-electron chi connectivity index (χ4n) is 3.35. The molecule has 0 saturated carbocycles. The van der Waals surface area contributed by atoms with Crippen LogP contribution in [-0.2, 0) is 4.74 Å². The van der Waals surface area contributed by atoms with Gasteiger partial charge in [0.15, 0.2) is 0 Å². The number of hydrogen-bond acceptors (Lipinski definition) is 6. The van der Waals surface area contributed by atoms with Crippen LogP contribution in [0, 0.1) is 0 Å². The number of ether oxygens (including phenoxy) is 2. The van der Waals surface area contributed by atoms with Gasteiger partial charge in [-0.05, 0) is 52.2 Å². The van der Waals surface area contributed by atoms with E-state index < -0.39 is 0 Å². The van der Waals surface area contributed by atoms with Crippen molar-refractivity contribution in [2.75, 3.05) is 50.6 Å². The van der Waals surface area contributed by atoms with E-state index in [1.54, 1.807) is 6.20 Å². The molecule has 1 aliphatic rings. The van der Waals surface area contributed by atoms with Crippen LogP contribution in [0.5, 0.6) is 5.75 Å². The third kappa shape index (κ3) is 5.92. The number of rotatable bonds is 7. The first-order valence-corrected chi connectivity index (χ1v) is 9.96. The highest BCUT2D eigenvalue weighted by Gasteiger charge is 2.23. The topological polar surface area (TPSA) is 66.9 Å². The van der Waals surface area contributed by atoms with Crippen molar-refractivity contribution in [1.82, 2.24) is 9.88 Å². The Balaban J connectivity index is 1.70. The lowest BCUT2D eigenvalue weighted by Crippen LogP contribution is -2.45. The van der Waals surface area contributed by atoms with E-state index in [4.69, 9.17) is 9.47 Å². The third-order valence-corrected chi connectivity index (χ3v) is 4.69. The number of benzene rings is 1. The molecule has 1 N–H and O–H groups in total. The SMILES string of the molecule is CC1CN(c2ccnc(C(=O)Nc3ccccc3OCCN(C)C)c2)CC(C)O1. The van der Waals surface area contributed by atoms with Crippen LogP contribution in [0.3, 0.4) is 0 Å². The van der Waals surface area contributed by atoms with Crippen LogP contribution in [0.4, 0.5) is 11.4 Å². The van der Waals surface area contributed by atoms with Crippen molar-refractivity contribution in [3.05, 3.63) is 48.3 Å². The van der Waals surface area contributed by atoms with Crippen molar-refractivity contribution in [1.29, 1.82) is 0 Å². The number of carbonyl (C=O) groups excluding carboxylic acids is 1. The molecule has 7 heteroatoms. The molecule has 2 heterocycles. The maximum absolute atomic E-state index is 12.8. The average Bonchev–Trinajstić information content (AvgIpc) is 2.68. The predicted octanol–water partition coefficient (Wildman–Crippen LogP) is 2.89. The number of para-hydroxylation sites is 2. The summed E-state index contributed by atoms with van der Waals surface area (Å²) in [6, 6.07) is 11.2. The number of anilines is 2. The Labute approximate surface area is 172 Å². The van der Waals surface area contributed by atoms with Gasteiger partial charge >= 0.3 is 0 Å². The molecule has 1 amide bonds. The summed E-state index contributed by atoms with van der Waals surface area (Å²) in [7, 11) is 3.98. The van der Waals surface area contributed by atoms with E-state index in [1.165, 1.54) is 0 Å². The standard InChI is InChI=1S/C22H30N4O3/c1-16-14-26(15-17(2)29-16)18-9-10-23-20(13-18)22(27)24-19-7-5-6-8-21(19)28-12-11-25(3)4/h5-10,13,16-17H,11-12,14-15H2,1-4H3,(H,24,27). The van der Waals surface area contributed by atoms with Crippen LogP contribution in [0.25, 0.3) is 0 Å². The Morgan fingerprint density at radius 1 is 1.24 bits per heavy atom. The molecule has 1 aromatic heterocycles. The van der Waals surface area contributed by atoms with Gasteiger partial charge in [0.2, 0.25) is 0 Å².